The highest BCUT2D eigenvalue weighted by Gasteiger charge is 2.11. The maximum atomic E-state index is 12.2. The van der Waals surface area contributed by atoms with E-state index in [0.29, 0.717) is 23.7 Å². The summed E-state index contributed by atoms with van der Waals surface area (Å²) in [4.78, 5) is 22.4. The number of ether oxygens (including phenoxy) is 1. The van der Waals surface area contributed by atoms with Gasteiger partial charge in [-0.15, -0.1) is 0 Å². The fourth-order valence-electron chi connectivity index (χ4n) is 1.72. The Morgan fingerprint density at radius 3 is 2.71 bits per heavy atom. The molecule has 0 aromatic carbocycles. The van der Waals surface area contributed by atoms with Crippen LogP contribution in [-0.2, 0) is 0 Å². The summed E-state index contributed by atoms with van der Waals surface area (Å²) in [7, 11) is 3.79. The highest BCUT2D eigenvalue weighted by atomic mass is 16.5. The molecule has 0 unspecified atom stereocenters. The van der Waals surface area contributed by atoms with Crippen LogP contribution in [0.3, 0.4) is 0 Å². The standard InChI is InChI=1S/C15H18N4O2/c1-4-21-15-12(6-5-9-16-15)18-14(20)11-7-8-13(17-10-11)19(2)3/h5-10H,4H2,1-3H3,(H,18,20). The molecule has 0 saturated carbocycles. The summed E-state index contributed by atoms with van der Waals surface area (Å²) in [6.45, 7) is 2.35. The number of amides is 1. The lowest BCUT2D eigenvalue weighted by Gasteiger charge is -2.12. The van der Waals surface area contributed by atoms with E-state index in [9.17, 15) is 4.79 Å². The van der Waals surface area contributed by atoms with E-state index in [1.807, 2.05) is 25.9 Å². The van der Waals surface area contributed by atoms with E-state index in [1.54, 1.807) is 36.7 Å². The SMILES string of the molecule is CCOc1ncccc1NC(=O)c1ccc(N(C)C)nc1. The summed E-state index contributed by atoms with van der Waals surface area (Å²) in [5, 5.41) is 2.78. The van der Waals surface area contributed by atoms with Gasteiger partial charge in [-0.3, -0.25) is 4.79 Å². The molecule has 0 spiro atoms. The Hall–Kier alpha value is -2.63. The van der Waals surface area contributed by atoms with Crippen LogP contribution in [0.15, 0.2) is 36.7 Å². The first kappa shape index (κ1) is 14.8. The first-order chi connectivity index (χ1) is 10.1. The summed E-state index contributed by atoms with van der Waals surface area (Å²) < 4.78 is 5.38. The molecular formula is C15H18N4O2. The lowest BCUT2D eigenvalue weighted by atomic mass is 10.2. The van der Waals surface area contributed by atoms with Gasteiger partial charge in [0.15, 0.2) is 0 Å². The molecular weight excluding hydrogens is 268 g/mol. The quantitative estimate of drug-likeness (QED) is 0.912. The average molecular weight is 286 g/mol. The zero-order valence-corrected chi connectivity index (χ0v) is 12.3. The topological polar surface area (TPSA) is 67.3 Å². The molecule has 0 saturated heterocycles. The van der Waals surface area contributed by atoms with Gasteiger partial charge in [0.25, 0.3) is 5.91 Å². The van der Waals surface area contributed by atoms with Crippen LogP contribution in [0.5, 0.6) is 5.88 Å². The molecule has 0 atom stereocenters. The van der Waals surface area contributed by atoms with Crippen molar-refractivity contribution in [1.82, 2.24) is 9.97 Å². The fourth-order valence-corrected chi connectivity index (χ4v) is 1.72. The van der Waals surface area contributed by atoms with E-state index < -0.39 is 0 Å². The number of carbonyl (C=O) groups is 1. The van der Waals surface area contributed by atoms with Gasteiger partial charge in [-0.1, -0.05) is 0 Å². The first-order valence-electron chi connectivity index (χ1n) is 6.64. The smallest absolute Gasteiger partial charge is 0.257 e. The molecule has 110 valence electrons. The monoisotopic (exact) mass is 286 g/mol. The van der Waals surface area contributed by atoms with Crippen molar-refractivity contribution in [2.24, 2.45) is 0 Å². The van der Waals surface area contributed by atoms with Gasteiger partial charge in [0.05, 0.1) is 12.2 Å². The van der Waals surface area contributed by atoms with Gasteiger partial charge in [-0.25, -0.2) is 9.97 Å². The predicted octanol–water partition coefficient (Wildman–Crippen LogP) is 2.19. The minimum Gasteiger partial charge on any atom is -0.476 e. The Morgan fingerprint density at radius 2 is 2.10 bits per heavy atom. The molecule has 2 heterocycles. The zero-order chi connectivity index (χ0) is 15.2. The number of pyridine rings is 2. The Morgan fingerprint density at radius 1 is 1.29 bits per heavy atom. The summed E-state index contributed by atoms with van der Waals surface area (Å²) >= 11 is 0. The Bertz CT molecular complexity index is 611. The zero-order valence-electron chi connectivity index (χ0n) is 12.3. The molecule has 0 radical (unpaired) electrons. The van der Waals surface area contributed by atoms with Crippen LogP contribution in [0, 0.1) is 0 Å². The minimum absolute atomic E-state index is 0.248. The minimum atomic E-state index is -0.248. The molecule has 0 bridgehead atoms. The van der Waals surface area contributed by atoms with Crippen LogP contribution in [-0.4, -0.2) is 36.6 Å². The van der Waals surface area contributed by atoms with E-state index in [2.05, 4.69) is 15.3 Å². The fraction of sp³-hybridized carbons (Fsp3) is 0.267. The van der Waals surface area contributed by atoms with Crippen LogP contribution in [0.1, 0.15) is 17.3 Å². The van der Waals surface area contributed by atoms with Crippen molar-refractivity contribution < 1.29 is 9.53 Å². The molecule has 0 fully saturated rings. The third-order valence-electron chi connectivity index (χ3n) is 2.77. The van der Waals surface area contributed by atoms with Crippen molar-refractivity contribution in [3.8, 4) is 5.88 Å². The van der Waals surface area contributed by atoms with Crippen molar-refractivity contribution in [3.63, 3.8) is 0 Å². The molecule has 0 aliphatic heterocycles. The van der Waals surface area contributed by atoms with Gasteiger partial charge in [0.1, 0.15) is 11.5 Å². The van der Waals surface area contributed by atoms with Gasteiger partial charge in [-0.2, -0.15) is 0 Å². The van der Waals surface area contributed by atoms with E-state index in [-0.39, 0.29) is 5.91 Å². The Labute approximate surface area is 123 Å². The maximum Gasteiger partial charge on any atom is 0.257 e. The maximum absolute atomic E-state index is 12.2. The molecule has 6 heteroatoms. The number of aromatic nitrogens is 2. The Kier molecular flexibility index (Phi) is 4.71. The van der Waals surface area contributed by atoms with Crippen molar-refractivity contribution in [1.29, 1.82) is 0 Å². The normalized spacial score (nSPS) is 10.0. The molecule has 21 heavy (non-hydrogen) atoms. The van der Waals surface area contributed by atoms with Crippen molar-refractivity contribution in [2.75, 3.05) is 30.9 Å². The van der Waals surface area contributed by atoms with E-state index in [1.165, 1.54) is 0 Å². The molecule has 1 N–H and O–H groups in total. The number of rotatable bonds is 5. The molecule has 0 aliphatic rings. The molecule has 6 nitrogen and oxygen atoms in total. The van der Waals surface area contributed by atoms with Crippen LogP contribution in [0.2, 0.25) is 0 Å². The first-order valence-corrected chi connectivity index (χ1v) is 6.64. The summed E-state index contributed by atoms with van der Waals surface area (Å²) in [5.74, 6) is 0.955. The molecule has 2 rings (SSSR count). The number of nitrogens with one attached hydrogen (secondary N) is 1. The lowest BCUT2D eigenvalue weighted by molar-refractivity contribution is 0.102. The predicted molar refractivity (Wildman–Crippen MR) is 81.9 cm³/mol. The van der Waals surface area contributed by atoms with Crippen molar-refractivity contribution in [3.05, 3.63) is 42.2 Å². The van der Waals surface area contributed by atoms with Crippen LogP contribution in [0.4, 0.5) is 11.5 Å². The van der Waals surface area contributed by atoms with Crippen LogP contribution in [0.25, 0.3) is 0 Å². The van der Waals surface area contributed by atoms with Gasteiger partial charge in [-0.05, 0) is 31.2 Å². The van der Waals surface area contributed by atoms with Crippen LogP contribution >= 0.6 is 0 Å². The lowest BCUT2D eigenvalue weighted by Crippen LogP contribution is -2.15. The summed E-state index contributed by atoms with van der Waals surface area (Å²) in [5.41, 5.74) is 1.02. The second-order valence-corrected chi connectivity index (χ2v) is 4.54. The Balaban J connectivity index is 2.14. The van der Waals surface area contributed by atoms with Crippen LogP contribution < -0.4 is 15.0 Å². The number of hydrogen-bond donors (Lipinski definition) is 1. The third kappa shape index (κ3) is 3.68. The van der Waals surface area contributed by atoms with Crippen molar-refractivity contribution in [2.45, 2.75) is 6.92 Å². The second-order valence-electron chi connectivity index (χ2n) is 4.54. The largest absolute Gasteiger partial charge is 0.476 e. The highest BCUT2D eigenvalue weighted by Crippen LogP contribution is 2.21. The second kappa shape index (κ2) is 6.69. The van der Waals surface area contributed by atoms with Gasteiger partial charge in [0.2, 0.25) is 5.88 Å². The van der Waals surface area contributed by atoms with E-state index in [0.717, 1.165) is 5.82 Å². The van der Waals surface area contributed by atoms with Gasteiger partial charge < -0.3 is 15.0 Å². The average Bonchev–Trinajstić information content (AvgIpc) is 2.49. The highest BCUT2D eigenvalue weighted by molar-refractivity contribution is 6.04. The molecule has 1 amide bonds. The van der Waals surface area contributed by atoms with Crippen molar-refractivity contribution >= 4 is 17.4 Å². The molecule has 2 aromatic heterocycles. The van der Waals surface area contributed by atoms with Gasteiger partial charge in [0, 0.05) is 26.5 Å². The number of anilines is 2. The summed E-state index contributed by atoms with van der Waals surface area (Å²) in [6, 6.07) is 7.01. The van der Waals surface area contributed by atoms with Gasteiger partial charge >= 0.3 is 0 Å². The van der Waals surface area contributed by atoms with E-state index >= 15 is 0 Å². The molecule has 0 aliphatic carbocycles. The molecule has 2 aromatic rings. The summed E-state index contributed by atoms with van der Waals surface area (Å²) in [6.07, 6.45) is 3.16. The number of nitrogens with zero attached hydrogens (tertiary/aromatic N) is 3. The number of hydrogen-bond acceptors (Lipinski definition) is 5. The van der Waals surface area contributed by atoms with E-state index in [4.69, 9.17) is 4.74 Å². The third-order valence-corrected chi connectivity index (χ3v) is 2.77. The number of carbonyl (C=O) groups excluding carboxylic acids is 1.